The van der Waals surface area contributed by atoms with Crippen LogP contribution < -0.4 is 4.90 Å². The highest BCUT2D eigenvalue weighted by molar-refractivity contribution is 9.10. The SMILES string of the molecule is Fc1cc(N2CCCC2)cc(C(F)(F)F)c1Br. The summed E-state index contributed by atoms with van der Waals surface area (Å²) in [5.41, 5.74) is -0.657. The Morgan fingerprint density at radius 3 is 2.24 bits per heavy atom. The zero-order valence-corrected chi connectivity index (χ0v) is 10.4. The van der Waals surface area contributed by atoms with Gasteiger partial charge in [0.05, 0.1) is 10.0 Å². The van der Waals surface area contributed by atoms with E-state index in [-0.39, 0.29) is 0 Å². The second-order valence-corrected chi connectivity index (χ2v) is 4.77. The molecule has 17 heavy (non-hydrogen) atoms. The van der Waals surface area contributed by atoms with Crippen LogP contribution in [0.1, 0.15) is 18.4 Å². The van der Waals surface area contributed by atoms with Crippen molar-refractivity contribution in [2.75, 3.05) is 18.0 Å². The zero-order valence-electron chi connectivity index (χ0n) is 8.82. The molecule has 1 aliphatic heterocycles. The first kappa shape index (κ1) is 12.7. The predicted octanol–water partition coefficient (Wildman–Crippen LogP) is 4.21. The van der Waals surface area contributed by atoms with Crippen LogP contribution >= 0.6 is 15.9 Å². The summed E-state index contributed by atoms with van der Waals surface area (Å²) in [6, 6.07) is 2.14. The maximum Gasteiger partial charge on any atom is 0.417 e. The summed E-state index contributed by atoms with van der Waals surface area (Å²) in [5.74, 6) is -0.873. The van der Waals surface area contributed by atoms with Crippen molar-refractivity contribution in [2.24, 2.45) is 0 Å². The van der Waals surface area contributed by atoms with Gasteiger partial charge in [-0.05, 0) is 40.9 Å². The van der Waals surface area contributed by atoms with Crippen molar-refractivity contribution in [2.45, 2.75) is 19.0 Å². The van der Waals surface area contributed by atoms with E-state index in [4.69, 9.17) is 0 Å². The predicted molar refractivity (Wildman–Crippen MR) is 60.5 cm³/mol. The first-order valence-electron chi connectivity index (χ1n) is 5.21. The molecular formula is C11H10BrF4N. The molecule has 0 unspecified atom stereocenters. The van der Waals surface area contributed by atoms with E-state index in [1.165, 1.54) is 0 Å². The number of hydrogen-bond donors (Lipinski definition) is 0. The number of hydrogen-bond acceptors (Lipinski definition) is 1. The summed E-state index contributed by atoms with van der Waals surface area (Å²) in [7, 11) is 0. The van der Waals surface area contributed by atoms with Gasteiger partial charge in [-0.15, -0.1) is 0 Å². The number of rotatable bonds is 1. The van der Waals surface area contributed by atoms with Crippen molar-refractivity contribution in [3.63, 3.8) is 0 Å². The molecular weight excluding hydrogens is 302 g/mol. The van der Waals surface area contributed by atoms with Gasteiger partial charge in [-0.2, -0.15) is 13.2 Å². The van der Waals surface area contributed by atoms with Gasteiger partial charge in [0.1, 0.15) is 5.82 Å². The normalized spacial score (nSPS) is 16.6. The van der Waals surface area contributed by atoms with Gasteiger partial charge in [-0.3, -0.25) is 0 Å². The van der Waals surface area contributed by atoms with E-state index in [1.54, 1.807) is 4.90 Å². The Labute approximate surface area is 105 Å². The largest absolute Gasteiger partial charge is 0.417 e. The third kappa shape index (κ3) is 2.56. The van der Waals surface area contributed by atoms with E-state index < -0.39 is 22.0 Å². The fraction of sp³-hybridized carbons (Fsp3) is 0.455. The lowest BCUT2D eigenvalue weighted by atomic mass is 10.1. The molecule has 2 rings (SSSR count). The lowest BCUT2D eigenvalue weighted by Crippen LogP contribution is -2.19. The molecule has 1 aliphatic rings. The molecule has 0 amide bonds. The molecule has 0 aliphatic carbocycles. The van der Waals surface area contributed by atoms with Crippen LogP contribution in [0.5, 0.6) is 0 Å². The van der Waals surface area contributed by atoms with Gasteiger partial charge in [0, 0.05) is 18.8 Å². The molecule has 1 aromatic rings. The molecule has 0 radical (unpaired) electrons. The molecule has 94 valence electrons. The molecule has 0 spiro atoms. The number of nitrogens with zero attached hydrogens (tertiary/aromatic N) is 1. The van der Waals surface area contributed by atoms with Crippen LogP contribution in [0.25, 0.3) is 0 Å². The monoisotopic (exact) mass is 311 g/mol. The van der Waals surface area contributed by atoms with E-state index in [9.17, 15) is 17.6 Å². The van der Waals surface area contributed by atoms with Crippen LogP contribution in [-0.2, 0) is 6.18 Å². The first-order valence-corrected chi connectivity index (χ1v) is 6.00. The second kappa shape index (κ2) is 4.48. The Balaban J connectivity index is 2.45. The Kier molecular flexibility index (Phi) is 3.34. The van der Waals surface area contributed by atoms with Gasteiger partial charge < -0.3 is 4.90 Å². The minimum absolute atomic E-state index is 0.301. The Morgan fingerprint density at radius 1 is 1.12 bits per heavy atom. The van der Waals surface area contributed by atoms with Crippen LogP contribution in [0.15, 0.2) is 16.6 Å². The Hall–Kier alpha value is -0.780. The highest BCUT2D eigenvalue weighted by atomic mass is 79.9. The van der Waals surface area contributed by atoms with Gasteiger partial charge in [0.15, 0.2) is 0 Å². The number of anilines is 1. The molecule has 0 N–H and O–H groups in total. The maximum absolute atomic E-state index is 13.4. The summed E-state index contributed by atoms with van der Waals surface area (Å²) >= 11 is 2.65. The van der Waals surface area contributed by atoms with Gasteiger partial charge in [-0.25, -0.2) is 4.39 Å². The molecule has 1 saturated heterocycles. The molecule has 1 aromatic carbocycles. The average Bonchev–Trinajstić information content (AvgIpc) is 2.73. The smallest absolute Gasteiger partial charge is 0.371 e. The fourth-order valence-electron chi connectivity index (χ4n) is 1.94. The fourth-order valence-corrected chi connectivity index (χ4v) is 2.39. The average molecular weight is 312 g/mol. The molecule has 0 atom stereocenters. The topological polar surface area (TPSA) is 3.24 Å². The van der Waals surface area contributed by atoms with Crippen LogP contribution in [-0.4, -0.2) is 13.1 Å². The van der Waals surface area contributed by atoms with Gasteiger partial charge >= 0.3 is 6.18 Å². The van der Waals surface area contributed by atoms with E-state index in [2.05, 4.69) is 15.9 Å². The highest BCUT2D eigenvalue weighted by Gasteiger charge is 2.35. The molecule has 0 bridgehead atoms. The molecule has 1 heterocycles. The van der Waals surface area contributed by atoms with E-state index in [0.29, 0.717) is 18.8 Å². The number of halogens is 5. The third-order valence-electron chi connectivity index (χ3n) is 2.79. The maximum atomic E-state index is 13.4. The molecule has 1 nitrogen and oxygen atoms in total. The standard InChI is InChI=1S/C11H10BrF4N/c12-10-8(11(14,15)16)5-7(6-9(10)13)17-3-1-2-4-17/h5-6H,1-4H2. The Bertz CT molecular complexity index is 424. The van der Waals surface area contributed by atoms with Crippen molar-refractivity contribution < 1.29 is 17.6 Å². The third-order valence-corrected chi connectivity index (χ3v) is 3.60. The number of benzene rings is 1. The van der Waals surface area contributed by atoms with Crippen molar-refractivity contribution in [3.05, 3.63) is 28.0 Å². The van der Waals surface area contributed by atoms with Crippen molar-refractivity contribution in [1.29, 1.82) is 0 Å². The van der Waals surface area contributed by atoms with Crippen LogP contribution in [0.3, 0.4) is 0 Å². The van der Waals surface area contributed by atoms with Gasteiger partial charge in [0.2, 0.25) is 0 Å². The molecule has 1 fully saturated rings. The van der Waals surface area contributed by atoms with Crippen LogP contribution in [0, 0.1) is 5.82 Å². The van der Waals surface area contributed by atoms with Gasteiger partial charge in [0.25, 0.3) is 0 Å². The van der Waals surface area contributed by atoms with Crippen molar-refractivity contribution in [3.8, 4) is 0 Å². The van der Waals surface area contributed by atoms with Crippen LogP contribution in [0.2, 0.25) is 0 Å². The summed E-state index contributed by atoms with van der Waals surface area (Å²) in [6.45, 7) is 1.36. The molecule has 0 aromatic heterocycles. The minimum atomic E-state index is -4.55. The minimum Gasteiger partial charge on any atom is -0.371 e. The summed E-state index contributed by atoms with van der Waals surface area (Å²) in [4.78, 5) is 1.77. The second-order valence-electron chi connectivity index (χ2n) is 3.98. The van der Waals surface area contributed by atoms with E-state index >= 15 is 0 Å². The lowest BCUT2D eigenvalue weighted by Gasteiger charge is -2.20. The summed E-state index contributed by atoms with van der Waals surface area (Å²) in [6.07, 6.45) is -2.69. The molecule has 6 heteroatoms. The zero-order chi connectivity index (χ0) is 12.6. The lowest BCUT2D eigenvalue weighted by molar-refractivity contribution is -0.138. The quantitative estimate of drug-likeness (QED) is 0.702. The van der Waals surface area contributed by atoms with Crippen LogP contribution in [0.4, 0.5) is 23.2 Å². The van der Waals surface area contributed by atoms with E-state index in [0.717, 1.165) is 25.0 Å². The molecule has 0 saturated carbocycles. The first-order chi connectivity index (χ1) is 7.89. The number of alkyl halides is 3. The summed E-state index contributed by atoms with van der Waals surface area (Å²) < 4.78 is 51.0. The van der Waals surface area contributed by atoms with Gasteiger partial charge in [-0.1, -0.05) is 0 Å². The van der Waals surface area contributed by atoms with E-state index in [1.807, 2.05) is 0 Å². The summed E-state index contributed by atoms with van der Waals surface area (Å²) in [5, 5.41) is 0. The van der Waals surface area contributed by atoms with Crippen molar-refractivity contribution >= 4 is 21.6 Å². The van der Waals surface area contributed by atoms with Crippen molar-refractivity contribution in [1.82, 2.24) is 0 Å². The Morgan fingerprint density at radius 2 is 1.71 bits per heavy atom. The highest BCUT2D eigenvalue weighted by Crippen LogP contribution is 2.39.